The fraction of sp³-hybridized carbons (Fsp3) is 1.00. The molecule has 1 aliphatic carbocycles. The van der Waals surface area contributed by atoms with Gasteiger partial charge >= 0.3 is 0 Å². The monoisotopic (exact) mass is 221 g/mol. The number of hydrogen-bond acceptors (Lipinski definition) is 3. The Kier molecular flexibility index (Phi) is 2.27. The van der Waals surface area contributed by atoms with Crippen LogP contribution in [0, 0.1) is 11.8 Å². The first-order chi connectivity index (χ1) is 7.90. The molecular weight excluding hydrogens is 198 g/mol. The summed E-state index contributed by atoms with van der Waals surface area (Å²) < 4.78 is 0. The second-order valence-electron chi connectivity index (χ2n) is 6.30. The van der Waals surface area contributed by atoms with Gasteiger partial charge in [0.05, 0.1) is 0 Å². The molecule has 0 bridgehead atoms. The summed E-state index contributed by atoms with van der Waals surface area (Å²) in [5, 5.41) is 3.54. The zero-order valence-corrected chi connectivity index (χ0v) is 10.1. The van der Waals surface area contributed by atoms with E-state index in [0.717, 1.165) is 23.9 Å². The summed E-state index contributed by atoms with van der Waals surface area (Å²) in [6.07, 6.45) is 4.38. The Bertz CT molecular complexity index is 264. The lowest BCUT2D eigenvalue weighted by atomic mass is 10.0. The van der Waals surface area contributed by atoms with Gasteiger partial charge in [-0.2, -0.15) is 0 Å². The largest absolute Gasteiger partial charge is 0.316 e. The Morgan fingerprint density at radius 2 is 1.50 bits per heavy atom. The summed E-state index contributed by atoms with van der Waals surface area (Å²) in [7, 11) is 0. The molecule has 1 saturated carbocycles. The molecule has 90 valence electrons. The van der Waals surface area contributed by atoms with Crippen LogP contribution in [0.2, 0.25) is 0 Å². The van der Waals surface area contributed by atoms with Crippen LogP contribution in [0.15, 0.2) is 0 Å². The summed E-state index contributed by atoms with van der Waals surface area (Å²) in [6.45, 7) is 8.05. The van der Waals surface area contributed by atoms with E-state index in [-0.39, 0.29) is 0 Å². The van der Waals surface area contributed by atoms with Gasteiger partial charge in [-0.05, 0) is 44.2 Å². The van der Waals surface area contributed by atoms with Gasteiger partial charge in [0.15, 0.2) is 0 Å². The maximum absolute atomic E-state index is 3.54. The molecule has 4 fully saturated rings. The second kappa shape index (κ2) is 3.69. The topological polar surface area (TPSA) is 18.5 Å². The Balaban J connectivity index is 1.37. The van der Waals surface area contributed by atoms with Crippen molar-refractivity contribution in [3.8, 4) is 0 Å². The predicted molar refractivity (Wildman–Crippen MR) is 64.4 cm³/mol. The molecule has 0 amide bonds. The molecule has 16 heavy (non-hydrogen) atoms. The molecule has 4 aliphatic rings. The molecule has 0 radical (unpaired) electrons. The fourth-order valence-electron chi connectivity index (χ4n) is 4.03. The smallest absolute Gasteiger partial charge is 0.0235 e. The van der Waals surface area contributed by atoms with Crippen LogP contribution < -0.4 is 5.32 Å². The van der Waals surface area contributed by atoms with Gasteiger partial charge in [0.1, 0.15) is 0 Å². The normalized spacial score (nSPS) is 45.4. The van der Waals surface area contributed by atoms with Gasteiger partial charge in [0, 0.05) is 38.3 Å². The van der Waals surface area contributed by atoms with Crippen LogP contribution in [0.5, 0.6) is 0 Å². The molecule has 0 spiro atoms. The van der Waals surface area contributed by atoms with Gasteiger partial charge in [0.25, 0.3) is 0 Å². The number of rotatable bonds is 2. The van der Waals surface area contributed by atoms with Gasteiger partial charge in [0.2, 0.25) is 0 Å². The van der Waals surface area contributed by atoms with E-state index in [9.17, 15) is 0 Å². The van der Waals surface area contributed by atoms with Gasteiger partial charge in [-0.1, -0.05) is 0 Å². The third-order valence-corrected chi connectivity index (χ3v) is 5.19. The van der Waals surface area contributed by atoms with Crippen LogP contribution in [0.3, 0.4) is 0 Å². The predicted octanol–water partition coefficient (Wildman–Crippen LogP) is 0.374. The van der Waals surface area contributed by atoms with E-state index in [1.165, 1.54) is 58.5 Å². The van der Waals surface area contributed by atoms with Crippen molar-refractivity contribution in [2.45, 2.75) is 31.3 Å². The number of nitrogens with zero attached hydrogens (tertiary/aromatic N) is 2. The minimum atomic E-state index is 0.895. The minimum absolute atomic E-state index is 0.895. The number of fused-ring (bicyclic) bond motifs is 1. The van der Waals surface area contributed by atoms with Crippen molar-refractivity contribution in [1.29, 1.82) is 0 Å². The molecule has 3 heteroatoms. The summed E-state index contributed by atoms with van der Waals surface area (Å²) in [4.78, 5) is 5.55. The van der Waals surface area contributed by atoms with Crippen LogP contribution in [-0.2, 0) is 0 Å². The Labute approximate surface area is 98.2 Å². The summed E-state index contributed by atoms with van der Waals surface area (Å²) >= 11 is 0. The molecule has 1 N–H and O–H groups in total. The molecule has 3 aliphatic heterocycles. The summed E-state index contributed by atoms with van der Waals surface area (Å²) in [5.41, 5.74) is 0. The van der Waals surface area contributed by atoms with Gasteiger partial charge < -0.3 is 5.32 Å². The van der Waals surface area contributed by atoms with E-state index in [1.54, 1.807) is 0 Å². The molecule has 3 saturated heterocycles. The molecule has 3 atom stereocenters. The van der Waals surface area contributed by atoms with Crippen molar-refractivity contribution in [2.75, 3.05) is 39.3 Å². The highest BCUT2D eigenvalue weighted by atomic mass is 15.3. The van der Waals surface area contributed by atoms with Crippen LogP contribution in [0.25, 0.3) is 0 Å². The maximum atomic E-state index is 3.54. The molecular formula is C13H23N3. The van der Waals surface area contributed by atoms with Crippen molar-refractivity contribution in [1.82, 2.24) is 15.1 Å². The van der Waals surface area contributed by atoms with E-state index >= 15 is 0 Å². The van der Waals surface area contributed by atoms with Crippen LogP contribution in [-0.4, -0.2) is 61.2 Å². The van der Waals surface area contributed by atoms with Crippen molar-refractivity contribution in [2.24, 2.45) is 11.8 Å². The number of nitrogens with one attached hydrogen (secondary N) is 1. The summed E-state index contributed by atoms with van der Waals surface area (Å²) in [5.74, 6) is 1.94. The standard InChI is InChI=1S/C13H23N3/c1-2-12(1)15-4-3-13(9-15)16-7-10-5-14-6-11(10)8-16/h10-14H,1-9H2/t10-,11+,13?. The second-order valence-corrected chi connectivity index (χ2v) is 6.30. The third kappa shape index (κ3) is 1.60. The van der Waals surface area contributed by atoms with Crippen molar-refractivity contribution in [3.05, 3.63) is 0 Å². The summed E-state index contributed by atoms with van der Waals surface area (Å²) in [6, 6.07) is 1.87. The Hall–Kier alpha value is -0.120. The highest BCUT2D eigenvalue weighted by molar-refractivity contribution is 4.98. The van der Waals surface area contributed by atoms with Crippen molar-refractivity contribution >= 4 is 0 Å². The molecule has 4 rings (SSSR count). The van der Waals surface area contributed by atoms with E-state index in [2.05, 4.69) is 15.1 Å². The Morgan fingerprint density at radius 3 is 2.19 bits per heavy atom. The molecule has 0 aromatic heterocycles. The van der Waals surface area contributed by atoms with Crippen molar-refractivity contribution in [3.63, 3.8) is 0 Å². The fourth-order valence-corrected chi connectivity index (χ4v) is 4.03. The van der Waals surface area contributed by atoms with Crippen LogP contribution >= 0.6 is 0 Å². The zero-order valence-electron chi connectivity index (χ0n) is 10.1. The van der Waals surface area contributed by atoms with Gasteiger partial charge in [-0.15, -0.1) is 0 Å². The lowest BCUT2D eigenvalue weighted by molar-refractivity contribution is 0.216. The van der Waals surface area contributed by atoms with Crippen LogP contribution in [0.1, 0.15) is 19.3 Å². The van der Waals surface area contributed by atoms with E-state index < -0.39 is 0 Å². The molecule has 3 nitrogen and oxygen atoms in total. The first-order valence-electron chi connectivity index (χ1n) is 7.09. The SMILES string of the molecule is C1CC1N1CCC(N2C[C@H]3CNC[C@H]3C2)C1. The first kappa shape index (κ1) is 9.86. The molecule has 0 aromatic carbocycles. The lowest BCUT2D eigenvalue weighted by Gasteiger charge is -2.25. The molecule has 0 aromatic rings. The maximum Gasteiger partial charge on any atom is 0.0235 e. The van der Waals surface area contributed by atoms with Gasteiger partial charge in [-0.25, -0.2) is 0 Å². The molecule has 3 heterocycles. The number of likely N-dealkylation sites (tertiary alicyclic amines) is 2. The van der Waals surface area contributed by atoms with E-state index in [0.29, 0.717) is 0 Å². The van der Waals surface area contributed by atoms with Crippen LogP contribution in [0.4, 0.5) is 0 Å². The molecule has 1 unspecified atom stereocenters. The minimum Gasteiger partial charge on any atom is -0.316 e. The quantitative estimate of drug-likeness (QED) is 0.727. The first-order valence-corrected chi connectivity index (χ1v) is 7.09. The van der Waals surface area contributed by atoms with Gasteiger partial charge in [-0.3, -0.25) is 9.80 Å². The average molecular weight is 221 g/mol. The van der Waals surface area contributed by atoms with E-state index in [4.69, 9.17) is 0 Å². The number of hydrogen-bond donors (Lipinski definition) is 1. The zero-order chi connectivity index (χ0) is 10.5. The van der Waals surface area contributed by atoms with E-state index in [1.807, 2.05) is 0 Å². The lowest BCUT2D eigenvalue weighted by Crippen LogP contribution is -2.38. The average Bonchev–Trinajstić information content (AvgIpc) is 2.75. The third-order valence-electron chi connectivity index (χ3n) is 5.19. The highest BCUT2D eigenvalue weighted by Crippen LogP contribution is 2.34. The Morgan fingerprint density at radius 1 is 0.750 bits per heavy atom. The van der Waals surface area contributed by atoms with Crippen molar-refractivity contribution < 1.29 is 0 Å². The highest BCUT2D eigenvalue weighted by Gasteiger charge is 2.42.